The first-order valence-electron chi connectivity index (χ1n) is 12.9. The molecular formula is C30H36O4. The van der Waals surface area contributed by atoms with Crippen LogP contribution in [0, 0.1) is 41.4 Å². The summed E-state index contributed by atoms with van der Waals surface area (Å²) in [5.41, 5.74) is 3.65. The standard InChI is InChI=1S/C30H36O4/c1-18-5-7-20(8-6-18)28(33)34-17-21-15-23-25-10-9-24(19(2)31)29(25,3)14-12-26(23)30(4)13-11-22(32)16-27(21)30/h5-8,16-17,23-26H,9-15H2,1-4H3/t23-,24+,25-,26-,29+,30+/m0/s1. The molecule has 180 valence electrons. The summed E-state index contributed by atoms with van der Waals surface area (Å²) in [6, 6.07) is 7.38. The van der Waals surface area contributed by atoms with Gasteiger partial charge in [-0.2, -0.15) is 0 Å². The number of aryl methyl sites for hydroxylation is 1. The van der Waals surface area contributed by atoms with Crippen LogP contribution in [0.4, 0.5) is 0 Å². The smallest absolute Gasteiger partial charge is 0.342 e. The van der Waals surface area contributed by atoms with E-state index in [1.807, 2.05) is 25.1 Å². The number of benzene rings is 1. The monoisotopic (exact) mass is 460 g/mol. The Bertz CT molecular complexity index is 1090. The highest BCUT2D eigenvalue weighted by Gasteiger charge is 2.60. The number of carbonyl (C=O) groups is 3. The molecule has 3 saturated carbocycles. The lowest BCUT2D eigenvalue weighted by Gasteiger charge is -2.58. The lowest BCUT2D eigenvalue weighted by atomic mass is 9.46. The molecule has 0 amide bonds. The molecule has 3 fully saturated rings. The van der Waals surface area contributed by atoms with Gasteiger partial charge in [0.1, 0.15) is 5.78 Å². The van der Waals surface area contributed by atoms with E-state index in [0.717, 1.165) is 55.2 Å². The van der Waals surface area contributed by atoms with E-state index in [2.05, 4.69) is 13.8 Å². The molecule has 0 aliphatic heterocycles. The lowest BCUT2D eigenvalue weighted by Crippen LogP contribution is -2.51. The summed E-state index contributed by atoms with van der Waals surface area (Å²) < 4.78 is 5.71. The quantitative estimate of drug-likeness (QED) is 0.388. The molecule has 1 aromatic rings. The SMILES string of the molecule is CC(=O)[C@H]1CC[C@H]2[C@@H]3CC(=COC(=O)c4ccc(C)cc4)C4=CC(=O)CC[C@]4(C)[C@H]3CC[C@]12C. The second kappa shape index (κ2) is 8.32. The van der Waals surface area contributed by atoms with Crippen molar-refractivity contribution in [3.8, 4) is 0 Å². The van der Waals surface area contributed by atoms with Crippen LogP contribution in [0.1, 0.15) is 81.6 Å². The Hall–Kier alpha value is -2.49. The maximum Gasteiger partial charge on any atom is 0.342 e. The molecule has 0 bridgehead atoms. The molecule has 4 aliphatic rings. The fraction of sp³-hybridized carbons (Fsp3) is 0.567. The van der Waals surface area contributed by atoms with E-state index < -0.39 is 0 Å². The van der Waals surface area contributed by atoms with Gasteiger partial charge in [0.25, 0.3) is 0 Å². The average Bonchev–Trinajstić information content (AvgIpc) is 3.16. The number of allylic oxidation sites excluding steroid dienone is 2. The highest BCUT2D eigenvalue weighted by atomic mass is 16.5. The zero-order chi connectivity index (χ0) is 24.3. The molecule has 1 aromatic carbocycles. The van der Waals surface area contributed by atoms with Gasteiger partial charge >= 0.3 is 5.97 Å². The Labute approximate surface area is 202 Å². The van der Waals surface area contributed by atoms with Crippen LogP contribution in [0.3, 0.4) is 0 Å². The second-order valence-corrected chi connectivity index (χ2v) is 11.7. The van der Waals surface area contributed by atoms with E-state index in [0.29, 0.717) is 35.5 Å². The van der Waals surface area contributed by atoms with Gasteiger partial charge in [-0.15, -0.1) is 0 Å². The largest absolute Gasteiger partial charge is 0.431 e. The second-order valence-electron chi connectivity index (χ2n) is 11.7. The summed E-state index contributed by atoms with van der Waals surface area (Å²) in [5.74, 6) is 1.72. The third-order valence-corrected chi connectivity index (χ3v) is 9.95. The first-order chi connectivity index (χ1) is 16.1. The van der Waals surface area contributed by atoms with Crippen LogP contribution in [0.25, 0.3) is 0 Å². The van der Waals surface area contributed by atoms with Gasteiger partial charge in [-0.1, -0.05) is 31.5 Å². The predicted octanol–water partition coefficient (Wildman–Crippen LogP) is 6.38. The third-order valence-electron chi connectivity index (χ3n) is 9.95. The number of ketones is 2. The van der Waals surface area contributed by atoms with Crippen LogP contribution in [0.15, 0.2) is 47.7 Å². The van der Waals surface area contributed by atoms with E-state index >= 15 is 0 Å². The minimum atomic E-state index is -0.370. The summed E-state index contributed by atoms with van der Waals surface area (Å²) in [6.45, 7) is 8.40. The Morgan fingerprint density at radius 1 is 1.03 bits per heavy atom. The number of carbonyl (C=O) groups excluding carboxylic acids is 3. The lowest BCUT2D eigenvalue weighted by molar-refractivity contribution is -0.128. The maximum absolute atomic E-state index is 12.7. The van der Waals surface area contributed by atoms with E-state index in [-0.39, 0.29) is 28.5 Å². The highest BCUT2D eigenvalue weighted by Crippen LogP contribution is 2.67. The van der Waals surface area contributed by atoms with Gasteiger partial charge in [0.2, 0.25) is 0 Å². The van der Waals surface area contributed by atoms with E-state index in [1.165, 1.54) is 0 Å². The summed E-state index contributed by atoms with van der Waals surface area (Å²) in [7, 11) is 0. The van der Waals surface area contributed by atoms with Crippen LogP contribution in [-0.2, 0) is 14.3 Å². The summed E-state index contributed by atoms with van der Waals surface area (Å²) in [4.78, 5) is 37.7. The third kappa shape index (κ3) is 3.61. The molecule has 0 heterocycles. The number of fused-ring (bicyclic) bond motifs is 5. The Morgan fingerprint density at radius 2 is 1.76 bits per heavy atom. The van der Waals surface area contributed by atoms with Crippen molar-refractivity contribution < 1.29 is 19.1 Å². The Balaban J connectivity index is 1.49. The van der Waals surface area contributed by atoms with E-state index in [4.69, 9.17) is 4.74 Å². The molecule has 6 atom stereocenters. The van der Waals surface area contributed by atoms with Gasteiger partial charge in [0.05, 0.1) is 11.8 Å². The zero-order valence-electron chi connectivity index (χ0n) is 20.9. The van der Waals surface area contributed by atoms with Gasteiger partial charge in [-0.3, -0.25) is 9.59 Å². The highest BCUT2D eigenvalue weighted by molar-refractivity contribution is 5.93. The minimum absolute atomic E-state index is 0.0543. The fourth-order valence-electron chi connectivity index (χ4n) is 8.15. The van der Waals surface area contributed by atoms with Crippen molar-refractivity contribution in [2.75, 3.05) is 0 Å². The van der Waals surface area contributed by atoms with Gasteiger partial charge in [-0.05, 0) is 110 Å². The van der Waals surface area contributed by atoms with Gasteiger partial charge in [0.15, 0.2) is 5.78 Å². The predicted molar refractivity (Wildman–Crippen MR) is 131 cm³/mol. The van der Waals surface area contributed by atoms with Crippen molar-refractivity contribution in [3.05, 3.63) is 58.9 Å². The molecule has 0 aromatic heterocycles. The summed E-state index contributed by atoms with van der Waals surface area (Å²) in [5, 5.41) is 0. The molecule has 0 unspecified atom stereocenters. The normalized spacial score (nSPS) is 37.9. The molecule has 4 nitrogen and oxygen atoms in total. The molecule has 5 rings (SSSR count). The first kappa shape index (κ1) is 23.3. The van der Waals surface area contributed by atoms with Crippen LogP contribution in [0.2, 0.25) is 0 Å². The maximum atomic E-state index is 12.7. The van der Waals surface area contributed by atoms with Crippen molar-refractivity contribution in [2.24, 2.45) is 34.5 Å². The van der Waals surface area contributed by atoms with Crippen LogP contribution in [-0.4, -0.2) is 17.5 Å². The zero-order valence-corrected chi connectivity index (χ0v) is 20.9. The molecule has 0 spiro atoms. The fourth-order valence-corrected chi connectivity index (χ4v) is 8.15. The number of rotatable bonds is 3. The topological polar surface area (TPSA) is 60.4 Å². The number of Topliss-reactive ketones (excluding diaryl/α,β-unsaturated/α-hetero) is 1. The van der Waals surface area contributed by atoms with Gasteiger partial charge in [0, 0.05) is 12.3 Å². The van der Waals surface area contributed by atoms with Crippen LogP contribution in [0.5, 0.6) is 0 Å². The Morgan fingerprint density at radius 3 is 2.47 bits per heavy atom. The minimum Gasteiger partial charge on any atom is -0.431 e. The van der Waals surface area contributed by atoms with Gasteiger partial charge in [-0.25, -0.2) is 4.79 Å². The summed E-state index contributed by atoms with van der Waals surface area (Å²) in [6.07, 6.45) is 9.95. The molecular weight excluding hydrogens is 424 g/mol. The number of hydrogen-bond donors (Lipinski definition) is 0. The molecule has 0 saturated heterocycles. The van der Waals surface area contributed by atoms with E-state index in [1.54, 1.807) is 25.3 Å². The molecule has 0 radical (unpaired) electrons. The molecule has 4 heteroatoms. The van der Waals surface area contributed by atoms with Crippen molar-refractivity contribution >= 4 is 17.5 Å². The van der Waals surface area contributed by atoms with Crippen molar-refractivity contribution in [2.45, 2.75) is 72.6 Å². The van der Waals surface area contributed by atoms with Crippen LogP contribution < -0.4 is 0 Å². The van der Waals surface area contributed by atoms with Crippen LogP contribution >= 0.6 is 0 Å². The number of ether oxygens (including phenoxy) is 1. The van der Waals surface area contributed by atoms with Crippen molar-refractivity contribution in [1.29, 1.82) is 0 Å². The van der Waals surface area contributed by atoms with E-state index in [9.17, 15) is 14.4 Å². The Kier molecular flexibility index (Phi) is 5.69. The van der Waals surface area contributed by atoms with Crippen molar-refractivity contribution in [1.82, 2.24) is 0 Å². The average molecular weight is 461 g/mol. The van der Waals surface area contributed by atoms with Crippen molar-refractivity contribution in [3.63, 3.8) is 0 Å². The molecule has 0 N–H and O–H groups in total. The first-order valence-corrected chi connectivity index (χ1v) is 12.9. The van der Waals surface area contributed by atoms with Gasteiger partial charge < -0.3 is 4.74 Å². The molecule has 34 heavy (non-hydrogen) atoms. The molecule has 4 aliphatic carbocycles. The summed E-state index contributed by atoms with van der Waals surface area (Å²) >= 11 is 0. The number of esters is 1. The number of hydrogen-bond acceptors (Lipinski definition) is 4.